The van der Waals surface area contributed by atoms with Crippen molar-refractivity contribution in [1.29, 1.82) is 0 Å². The molecule has 1 aliphatic carbocycles. The van der Waals surface area contributed by atoms with E-state index in [0.717, 1.165) is 30.4 Å². The second kappa shape index (κ2) is 4.26. The van der Waals surface area contributed by atoms with E-state index in [2.05, 4.69) is 13.2 Å². The number of esters is 1. The van der Waals surface area contributed by atoms with Gasteiger partial charge in [0.2, 0.25) is 0 Å². The maximum Gasteiger partial charge on any atom is 0.313 e. The monoisotopic (exact) mass is 180 g/mol. The maximum atomic E-state index is 11.4. The molecule has 2 heteroatoms. The third-order valence-electron chi connectivity index (χ3n) is 2.36. The second-order valence-electron chi connectivity index (χ2n) is 3.42. The lowest BCUT2D eigenvalue weighted by Gasteiger charge is -2.24. The van der Waals surface area contributed by atoms with Crippen molar-refractivity contribution < 1.29 is 9.53 Å². The molecule has 0 unspecified atom stereocenters. The van der Waals surface area contributed by atoms with Crippen LogP contribution in [0.1, 0.15) is 26.2 Å². The summed E-state index contributed by atoms with van der Waals surface area (Å²) in [6, 6.07) is 0. The van der Waals surface area contributed by atoms with Gasteiger partial charge in [-0.15, -0.1) is 0 Å². The van der Waals surface area contributed by atoms with E-state index in [0.29, 0.717) is 6.61 Å². The lowest BCUT2D eigenvalue weighted by Crippen LogP contribution is -2.22. The van der Waals surface area contributed by atoms with Crippen LogP contribution in [-0.2, 0) is 9.53 Å². The first-order chi connectivity index (χ1) is 6.15. The fourth-order valence-electron chi connectivity index (χ4n) is 1.54. The van der Waals surface area contributed by atoms with E-state index in [1.807, 2.05) is 6.92 Å². The lowest BCUT2D eigenvalue weighted by molar-refractivity contribution is -0.146. The van der Waals surface area contributed by atoms with Crippen molar-refractivity contribution in [1.82, 2.24) is 0 Å². The number of ether oxygens (including phenoxy) is 1. The van der Waals surface area contributed by atoms with Crippen molar-refractivity contribution >= 4 is 5.97 Å². The van der Waals surface area contributed by atoms with Crippen molar-refractivity contribution in [2.24, 2.45) is 5.92 Å². The molecule has 1 fully saturated rings. The van der Waals surface area contributed by atoms with E-state index >= 15 is 0 Å². The first-order valence-corrected chi connectivity index (χ1v) is 4.66. The predicted octanol–water partition coefficient (Wildman–Crippen LogP) is 2.46. The molecule has 0 amide bonds. The first kappa shape index (κ1) is 10.0. The average Bonchev–Trinajstić information content (AvgIpc) is 2.09. The van der Waals surface area contributed by atoms with Crippen LogP contribution in [0.5, 0.6) is 0 Å². The zero-order chi connectivity index (χ0) is 9.84. The summed E-state index contributed by atoms with van der Waals surface area (Å²) < 4.78 is 4.96. The molecule has 1 atom stereocenters. The highest BCUT2D eigenvalue weighted by atomic mass is 16.5. The number of hydrogen-bond donors (Lipinski definition) is 0. The highest BCUT2D eigenvalue weighted by Gasteiger charge is 2.26. The van der Waals surface area contributed by atoms with Gasteiger partial charge in [-0.1, -0.05) is 24.3 Å². The number of hydrogen-bond acceptors (Lipinski definition) is 2. The van der Waals surface area contributed by atoms with Gasteiger partial charge in [0.1, 0.15) is 0 Å². The Bertz CT molecular complexity index is 240. The van der Waals surface area contributed by atoms with Crippen LogP contribution >= 0.6 is 0 Å². The molecular formula is C11H16O2. The van der Waals surface area contributed by atoms with Gasteiger partial charge in [-0.2, -0.15) is 0 Å². The Balaban J connectivity index is 2.60. The summed E-state index contributed by atoms with van der Waals surface area (Å²) in [5.74, 6) is -0.283. The highest BCUT2D eigenvalue weighted by Crippen LogP contribution is 2.31. The van der Waals surface area contributed by atoms with Crippen LogP contribution in [0.3, 0.4) is 0 Å². The Morgan fingerprint density at radius 1 is 1.54 bits per heavy atom. The van der Waals surface area contributed by atoms with Crippen LogP contribution in [0.2, 0.25) is 0 Å². The van der Waals surface area contributed by atoms with Gasteiger partial charge >= 0.3 is 5.97 Å². The number of rotatable bonds is 2. The van der Waals surface area contributed by atoms with Gasteiger partial charge in [-0.25, -0.2) is 0 Å². The molecule has 0 spiro atoms. The molecular weight excluding hydrogens is 164 g/mol. The Hall–Kier alpha value is -1.05. The largest absolute Gasteiger partial charge is 0.466 e. The average molecular weight is 180 g/mol. The van der Waals surface area contributed by atoms with Gasteiger partial charge in [0, 0.05) is 0 Å². The van der Waals surface area contributed by atoms with E-state index in [-0.39, 0.29) is 11.9 Å². The molecule has 2 nitrogen and oxygen atoms in total. The molecule has 0 heterocycles. The molecule has 1 rings (SSSR count). The zero-order valence-electron chi connectivity index (χ0n) is 8.14. The minimum Gasteiger partial charge on any atom is -0.466 e. The summed E-state index contributed by atoms with van der Waals surface area (Å²) in [5, 5.41) is 0. The Kier molecular flexibility index (Phi) is 3.29. The van der Waals surface area contributed by atoms with E-state index in [1.54, 1.807) is 0 Å². The second-order valence-corrected chi connectivity index (χ2v) is 3.42. The van der Waals surface area contributed by atoms with E-state index < -0.39 is 0 Å². The van der Waals surface area contributed by atoms with Crippen LogP contribution in [0, 0.1) is 5.92 Å². The standard InChI is InChI=1S/C11H16O2/c1-4-13-11(12)10-7-8(2)5-6-9(10)3/h10H,2-7H2,1H3/t10-/m1/s1. The molecule has 0 aromatic heterocycles. The lowest BCUT2D eigenvalue weighted by atomic mass is 9.83. The molecule has 0 radical (unpaired) electrons. The molecule has 0 aliphatic heterocycles. The topological polar surface area (TPSA) is 26.3 Å². The molecule has 0 aromatic carbocycles. The van der Waals surface area contributed by atoms with Crippen molar-refractivity contribution in [2.45, 2.75) is 26.2 Å². The Labute approximate surface area is 79.3 Å². The molecule has 72 valence electrons. The molecule has 0 bridgehead atoms. The summed E-state index contributed by atoms with van der Waals surface area (Å²) in [5.41, 5.74) is 2.12. The molecule has 13 heavy (non-hydrogen) atoms. The van der Waals surface area contributed by atoms with Crippen LogP contribution in [0.4, 0.5) is 0 Å². The predicted molar refractivity (Wildman–Crippen MR) is 52.3 cm³/mol. The van der Waals surface area contributed by atoms with Crippen LogP contribution in [-0.4, -0.2) is 12.6 Å². The maximum absolute atomic E-state index is 11.4. The molecule has 0 N–H and O–H groups in total. The zero-order valence-corrected chi connectivity index (χ0v) is 8.14. The van der Waals surface area contributed by atoms with Crippen molar-refractivity contribution in [3.63, 3.8) is 0 Å². The van der Waals surface area contributed by atoms with E-state index in [4.69, 9.17) is 4.74 Å². The fourth-order valence-corrected chi connectivity index (χ4v) is 1.54. The minimum absolute atomic E-state index is 0.138. The summed E-state index contributed by atoms with van der Waals surface area (Å²) in [4.78, 5) is 11.4. The van der Waals surface area contributed by atoms with Crippen LogP contribution < -0.4 is 0 Å². The van der Waals surface area contributed by atoms with Crippen molar-refractivity contribution in [3.8, 4) is 0 Å². The Morgan fingerprint density at radius 2 is 2.23 bits per heavy atom. The fraction of sp³-hybridized carbons (Fsp3) is 0.545. The first-order valence-electron chi connectivity index (χ1n) is 4.66. The summed E-state index contributed by atoms with van der Waals surface area (Å²) >= 11 is 0. The Morgan fingerprint density at radius 3 is 2.85 bits per heavy atom. The van der Waals surface area contributed by atoms with Crippen LogP contribution in [0.15, 0.2) is 24.3 Å². The smallest absolute Gasteiger partial charge is 0.313 e. The van der Waals surface area contributed by atoms with E-state index in [1.165, 1.54) is 0 Å². The SMILES string of the molecule is C=C1CCC(=C)[C@H](C(=O)OCC)C1. The number of carbonyl (C=O) groups is 1. The van der Waals surface area contributed by atoms with Gasteiger partial charge in [-0.05, 0) is 26.2 Å². The van der Waals surface area contributed by atoms with Gasteiger partial charge in [-0.3, -0.25) is 4.79 Å². The highest BCUT2D eigenvalue weighted by molar-refractivity contribution is 5.76. The molecule has 1 saturated carbocycles. The van der Waals surface area contributed by atoms with Crippen molar-refractivity contribution in [2.75, 3.05) is 6.61 Å². The van der Waals surface area contributed by atoms with Gasteiger partial charge in [0.25, 0.3) is 0 Å². The van der Waals surface area contributed by atoms with Gasteiger partial charge in [0.05, 0.1) is 12.5 Å². The van der Waals surface area contributed by atoms with Crippen molar-refractivity contribution in [3.05, 3.63) is 24.3 Å². The van der Waals surface area contributed by atoms with E-state index in [9.17, 15) is 4.79 Å². The minimum atomic E-state index is -0.145. The summed E-state index contributed by atoms with van der Waals surface area (Å²) in [6.45, 7) is 10.0. The van der Waals surface area contributed by atoms with Gasteiger partial charge in [0.15, 0.2) is 0 Å². The molecule has 0 saturated heterocycles. The molecule has 1 aliphatic rings. The normalized spacial score (nSPS) is 23.0. The third-order valence-corrected chi connectivity index (χ3v) is 2.36. The number of carbonyl (C=O) groups excluding carboxylic acids is 1. The molecule has 0 aromatic rings. The third kappa shape index (κ3) is 2.44. The van der Waals surface area contributed by atoms with Crippen LogP contribution in [0.25, 0.3) is 0 Å². The summed E-state index contributed by atoms with van der Waals surface area (Å²) in [6.07, 6.45) is 2.56. The van der Waals surface area contributed by atoms with Gasteiger partial charge < -0.3 is 4.74 Å². The summed E-state index contributed by atoms with van der Waals surface area (Å²) in [7, 11) is 0. The number of allylic oxidation sites excluding steroid dienone is 1. The quantitative estimate of drug-likeness (QED) is 0.482.